The van der Waals surface area contributed by atoms with Crippen molar-refractivity contribution < 1.29 is 61.4 Å². The molecule has 0 aliphatic rings. The molecule has 0 heterocycles. The Morgan fingerprint density at radius 2 is 1.73 bits per heavy atom. The second kappa shape index (κ2) is 4.84. The van der Waals surface area contributed by atoms with Crippen molar-refractivity contribution >= 4 is 5.69 Å². The summed E-state index contributed by atoms with van der Waals surface area (Å²) < 4.78 is 0. The van der Waals surface area contributed by atoms with Crippen LogP contribution < -0.4 is 51.4 Å². The third-order valence-electron chi connectivity index (χ3n) is 1.06. The molecule has 0 saturated carbocycles. The van der Waals surface area contributed by atoms with Crippen LogP contribution in [-0.2, 0) is 0 Å². The van der Waals surface area contributed by atoms with E-state index < -0.39 is 4.92 Å². The van der Waals surface area contributed by atoms with Crippen LogP contribution in [0.15, 0.2) is 24.3 Å². The van der Waals surface area contributed by atoms with E-state index in [1.807, 2.05) is 0 Å². The second-order valence-corrected chi connectivity index (χ2v) is 1.77. The Bertz CT molecular complexity index is 247. The molecule has 52 valence electrons. The molecule has 0 amide bonds. The molecule has 0 aliphatic heterocycles. The predicted octanol–water partition coefficient (Wildman–Crippen LogP) is -1.70. The number of non-ortho nitro benzene ring substituents is 1. The third-order valence-corrected chi connectivity index (χ3v) is 1.06. The number of aromatic hydroxyl groups is 1. The van der Waals surface area contributed by atoms with Crippen molar-refractivity contribution in [1.82, 2.24) is 0 Å². The number of rotatable bonds is 1. The Morgan fingerprint density at radius 3 is 2.09 bits per heavy atom. The summed E-state index contributed by atoms with van der Waals surface area (Å²) in [4.78, 5) is 9.52. The number of phenolic OH excluding ortho intramolecular Hbond substituents is 1. The maximum Gasteiger partial charge on any atom is 1.00 e. The van der Waals surface area contributed by atoms with Gasteiger partial charge in [-0.25, -0.2) is 0 Å². The summed E-state index contributed by atoms with van der Waals surface area (Å²) in [6.45, 7) is 0. The minimum absolute atomic E-state index is 0. The van der Waals surface area contributed by atoms with E-state index in [1.54, 1.807) is 0 Å². The van der Waals surface area contributed by atoms with Crippen LogP contribution in [0.25, 0.3) is 0 Å². The Kier molecular flexibility index (Phi) is 4.86. The van der Waals surface area contributed by atoms with Crippen molar-refractivity contribution in [2.75, 3.05) is 0 Å². The maximum atomic E-state index is 10.0. The van der Waals surface area contributed by atoms with Gasteiger partial charge in [0.05, 0.1) is 4.92 Å². The average molecular weight is 178 g/mol. The predicted molar refractivity (Wildman–Crippen MR) is 34.8 cm³/mol. The molecule has 11 heavy (non-hydrogen) atoms. The topological polar surface area (TPSA) is 63.4 Å². The van der Waals surface area contributed by atoms with E-state index in [9.17, 15) is 10.1 Å². The standard InChI is InChI=1S/C6H5NO3.K/c8-6-3-1-5(2-4-6)7(9)10;/h1-4,8H;/q;+1. The number of hydrogen-bond donors (Lipinski definition) is 1. The molecular weight excluding hydrogens is 173 g/mol. The SMILES string of the molecule is O=[N+]([O-])c1ccc(O)cc1.[K+]. The van der Waals surface area contributed by atoms with Gasteiger partial charge in [-0.15, -0.1) is 0 Å². The molecule has 0 saturated heterocycles. The average Bonchev–Trinajstić information content (AvgIpc) is 1.88. The Morgan fingerprint density at radius 1 is 1.27 bits per heavy atom. The number of benzene rings is 1. The molecule has 0 fully saturated rings. The van der Waals surface area contributed by atoms with Crippen molar-refractivity contribution in [2.45, 2.75) is 0 Å². The zero-order valence-corrected chi connectivity index (χ0v) is 9.14. The quantitative estimate of drug-likeness (QED) is 0.317. The van der Waals surface area contributed by atoms with Gasteiger partial charge in [-0.05, 0) is 12.1 Å². The van der Waals surface area contributed by atoms with Gasteiger partial charge in [-0.3, -0.25) is 10.1 Å². The first-order valence-corrected chi connectivity index (χ1v) is 2.63. The monoisotopic (exact) mass is 178 g/mol. The van der Waals surface area contributed by atoms with E-state index in [0.717, 1.165) is 0 Å². The first-order valence-electron chi connectivity index (χ1n) is 2.63. The van der Waals surface area contributed by atoms with Crippen LogP contribution >= 0.6 is 0 Å². The summed E-state index contributed by atoms with van der Waals surface area (Å²) in [5.74, 6) is 0.0330. The number of hydrogen-bond acceptors (Lipinski definition) is 3. The van der Waals surface area contributed by atoms with Crippen LogP contribution in [0, 0.1) is 10.1 Å². The van der Waals surface area contributed by atoms with Crippen molar-refractivity contribution in [3.05, 3.63) is 34.4 Å². The smallest absolute Gasteiger partial charge is 0.508 e. The van der Waals surface area contributed by atoms with Gasteiger partial charge in [0.1, 0.15) is 5.75 Å². The Hall–Kier alpha value is 0.0564. The first-order chi connectivity index (χ1) is 4.70. The number of nitrogens with zero attached hydrogens (tertiary/aromatic N) is 1. The Balaban J connectivity index is 0.000001000. The minimum atomic E-state index is -0.514. The fourth-order valence-electron chi connectivity index (χ4n) is 0.574. The van der Waals surface area contributed by atoms with Crippen LogP contribution in [0.4, 0.5) is 5.69 Å². The zero-order chi connectivity index (χ0) is 7.56. The summed E-state index contributed by atoms with van der Waals surface area (Å²) in [5.41, 5.74) is -0.0159. The van der Waals surface area contributed by atoms with Crippen molar-refractivity contribution in [2.24, 2.45) is 0 Å². The molecule has 1 aromatic rings. The Labute approximate surface area is 106 Å². The van der Waals surface area contributed by atoms with E-state index in [-0.39, 0.29) is 62.8 Å². The summed E-state index contributed by atoms with van der Waals surface area (Å²) in [6, 6.07) is 5.04. The van der Waals surface area contributed by atoms with E-state index in [1.165, 1.54) is 24.3 Å². The first kappa shape index (κ1) is 11.1. The largest absolute Gasteiger partial charge is 1.00 e. The van der Waals surface area contributed by atoms with Gasteiger partial charge in [-0.1, -0.05) is 0 Å². The molecule has 0 unspecified atom stereocenters. The van der Waals surface area contributed by atoms with Crippen LogP contribution in [0.5, 0.6) is 5.75 Å². The minimum Gasteiger partial charge on any atom is -0.508 e. The van der Waals surface area contributed by atoms with Gasteiger partial charge >= 0.3 is 51.4 Å². The van der Waals surface area contributed by atoms with Crippen molar-refractivity contribution in [3.8, 4) is 5.75 Å². The number of nitro groups is 1. The van der Waals surface area contributed by atoms with E-state index >= 15 is 0 Å². The molecule has 1 aromatic carbocycles. The molecule has 1 N–H and O–H groups in total. The van der Waals surface area contributed by atoms with Gasteiger partial charge in [0, 0.05) is 12.1 Å². The number of nitro benzene ring substituents is 1. The molecule has 4 nitrogen and oxygen atoms in total. The summed E-state index contributed by atoms with van der Waals surface area (Å²) in [7, 11) is 0. The van der Waals surface area contributed by atoms with Crippen molar-refractivity contribution in [3.63, 3.8) is 0 Å². The molecule has 1 rings (SSSR count). The summed E-state index contributed by atoms with van der Waals surface area (Å²) >= 11 is 0. The summed E-state index contributed by atoms with van der Waals surface area (Å²) in [6.07, 6.45) is 0. The van der Waals surface area contributed by atoms with Crippen LogP contribution in [0.2, 0.25) is 0 Å². The molecule has 0 aliphatic carbocycles. The number of phenols is 1. The van der Waals surface area contributed by atoms with Crippen LogP contribution in [-0.4, -0.2) is 10.0 Å². The second-order valence-electron chi connectivity index (χ2n) is 1.77. The van der Waals surface area contributed by atoms with Crippen molar-refractivity contribution in [1.29, 1.82) is 0 Å². The summed E-state index contributed by atoms with van der Waals surface area (Å²) in [5, 5.41) is 18.8. The molecular formula is C6H5KNO3+. The fourth-order valence-corrected chi connectivity index (χ4v) is 0.574. The normalized spacial score (nSPS) is 8.36. The van der Waals surface area contributed by atoms with E-state index in [2.05, 4.69) is 0 Å². The van der Waals surface area contributed by atoms with Gasteiger partial charge in [0.25, 0.3) is 5.69 Å². The van der Waals surface area contributed by atoms with E-state index in [4.69, 9.17) is 5.11 Å². The maximum absolute atomic E-state index is 10.0. The van der Waals surface area contributed by atoms with E-state index in [0.29, 0.717) is 0 Å². The molecule has 0 bridgehead atoms. The molecule has 0 radical (unpaired) electrons. The molecule has 0 atom stereocenters. The fraction of sp³-hybridized carbons (Fsp3) is 0. The molecule has 0 spiro atoms. The van der Waals surface area contributed by atoms with Gasteiger partial charge < -0.3 is 5.11 Å². The molecule has 0 aromatic heterocycles. The van der Waals surface area contributed by atoms with Gasteiger partial charge in [0.2, 0.25) is 0 Å². The van der Waals surface area contributed by atoms with Gasteiger partial charge in [0.15, 0.2) is 0 Å². The zero-order valence-electron chi connectivity index (χ0n) is 6.02. The third kappa shape index (κ3) is 3.30. The van der Waals surface area contributed by atoms with Gasteiger partial charge in [-0.2, -0.15) is 0 Å². The van der Waals surface area contributed by atoms with Crippen LogP contribution in [0.3, 0.4) is 0 Å². The molecule has 5 heteroatoms. The van der Waals surface area contributed by atoms with Crippen LogP contribution in [0.1, 0.15) is 0 Å².